The molecule has 0 bridgehead atoms. The molecular formula is C18H20N2O4S. The molecule has 25 heavy (non-hydrogen) atoms. The number of thioether (sulfide) groups is 1. The predicted molar refractivity (Wildman–Crippen MR) is 98.3 cm³/mol. The van der Waals surface area contributed by atoms with Gasteiger partial charge in [0, 0.05) is 16.0 Å². The summed E-state index contributed by atoms with van der Waals surface area (Å²) >= 11 is 1.28. The Hall–Kier alpha value is -2.67. The molecule has 132 valence electrons. The molecule has 0 atom stereocenters. The average Bonchev–Trinajstić information content (AvgIpc) is 2.60. The van der Waals surface area contributed by atoms with Crippen LogP contribution in [0, 0.1) is 6.92 Å². The number of hydrazone groups is 1. The smallest absolute Gasteiger partial charge is 0.250 e. The fourth-order valence-electron chi connectivity index (χ4n) is 2.14. The van der Waals surface area contributed by atoms with E-state index >= 15 is 0 Å². The van der Waals surface area contributed by atoms with Crippen molar-refractivity contribution in [2.45, 2.75) is 25.2 Å². The number of nitrogens with zero attached hydrogens (tertiary/aromatic N) is 1. The van der Waals surface area contributed by atoms with Crippen molar-refractivity contribution in [1.29, 1.82) is 0 Å². The summed E-state index contributed by atoms with van der Waals surface area (Å²) in [4.78, 5) is 12.7. The van der Waals surface area contributed by atoms with E-state index in [0.29, 0.717) is 23.3 Å². The number of amides is 1. The highest BCUT2D eigenvalue weighted by Crippen LogP contribution is 2.30. The molecule has 0 aliphatic rings. The van der Waals surface area contributed by atoms with Crippen LogP contribution < -0.4 is 5.43 Å². The van der Waals surface area contributed by atoms with Gasteiger partial charge < -0.3 is 15.3 Å². The molecule has 0 unspecified atom stereocenters. The molecule has 7 heteroatoms. The number of carbonyl (C=O) groups excluding carboxylic acids is 1. The predicted octanol–water partition coefficient (Wildman–Crippen LogP) is 3.13. The molecule has 1 amide bonds. The van der Waals surface area contributed by atoms with E-state index in [1.54, 1.807) is 37.3 Å². The Morgan fingerprint density at radius 1 is 1.20 bits per heavy atom. The van der Waals surface area contributed by atoms with E-state index in [9.17, 15) is 20.1 Å². The van der Waals surface area contributed by atoms with Crippen LogP contribution in [-0.2, 0) is 4.79 Å². The fraction of sp³-hybridized carbons (Fsp3) is 0.222. The summed E-state index contributed by atoms with van der Waals surface area (Å²) in [5.41, 5.74) is 3.82. The molecule has 0 heterocycles. The first-order valence-corrected chi connectivity index (χ1v) is 8.70. The van der Waals surface area contributed by atoms with Gasteiger partial charge in [0.1, 0.15) is 17.2 Å². The summed E-state index contributed by atoms with van der Waals surface area (Å²) in [6.07, 6.45) is 0.498. The lowest BCUT2D eigenvalue weighted by Crippen LogP contribution is -2.21. The van der Waals surface area contributed by atoms with Crippen LogP contribution in [0.4, 0.5) is 0 Å². The van der Waals surface area contributed by atoms with Gasteiger partial charge in [0.05, 0.1) is 11.5 Å². The topological polar surface area (TPSA) is 102 Å². The zero-order chi connectivity index (χ0) is 18.4. The van der Waals surface area contributed by atoms with Gasteiger partial charge in [-0.1, -0.05) is 13.0 Å². The second-order valence-corrected chi connectivity index (χ2v) is 6.39. The van der Waals surface area contributed by atoms with Crippen molar-refractivity contribution < 1.29 is 20.1 Å². The first-order valence-electron chi connectivity index (χ1n) is 7.71. The standard InChI is InChI=1S/C18H20N2O4S/c1-3-15(14-7-8-16(22)11(2)18(14)24)19-20-17(23)10-25-13-6-4-5-12(21)9-13/h4-9,21-22,24H,3,10H2,1-2H3,(H,20,23)/b19-15+. The van der Waals surface area contributed by atoms with Gasteiger partial charge in [0.2, 0.25) is 5.91 Å². The minimum Gasteiger partial charge on any atom is -0.508 e. The maximum atomic E-state index is 12.0. The first-order chi connectivity index (χ1) is 11.9. The van der Waals surface area contributed by atoms with Gasteiger partial charge in [0.25, 0.3) is 0 Å². The molecule has 4 N–H and O–H groups in total. The first kappa shape index (κ1) is 18.7. The summed E-state index contributed by atoms with van der Waals surface area (Å²) in [7, 11) is 0. The minimum absolute atomic E-state index is 0.00301. The molecule has 0 saturated heterocycles. The van der Waals surface area contributed by atoms with Gasteiger partial charge in [-0.25, -0.2) is 5.43 Å². The van der Waals surface area contributed by atoms with Crippen molar-refractivity contribution in [3.05, 3.63) is 47.5 Å². The van der Waals surface area contributed by atoms with Gasteiger partial charge in [-0.15, -0.1) is 11.8 Å². The molecule has 2 rings (SSSR count). The van der Waals surface area contributed by atoms with Crippen LogP contribution in [0.2, 0.25) is 0 Å². The van der Waals surface area contributed by atoms with Crippen LogP contribution in [-0.4, -0.2) is 32.7 Å². The van der Waals surface area contributed by atoms with Crippen molar-refractivity contribution in [3.8, 4) is 17.2 Å². The fourth-order valence-corrected chi connectivity index (χ4v) is 2.88. The Balaban J connectivity index is 2.03. The number of phenols is 3. The number of aromatic hydroxyl groups is 3. The molecule has 0 radical (unpaired) electrons. The quantitative estimate of drug-likeness (QED) is 0.360. The van der Waals surface area contributed by atoms with Crippen LogP contribution in [0.1, 0.15) is 24.5 Å². The van der Waals surface area contributed by atoms with E-state index in [0.717, 1.165) is 4.90 Å². The van der Waals surface area contributed by atoms with Crippen LogP contribution >= 0.6 is 11.8 Å². The Kier molecular flexibility index (Phi) is 6.30. The van der Waals surface area contributed by atoms with Gasteiger partial charge in [-0.3, -0.25) is 4.79 Å². The molecule has 0 aromatic heterocycles. The van der Waals surface area contributed by atoms with E-state index in [1.165, 1.54) is 17.8 Å². The zero-order valence-corrected chi connectivity index (χ0v) is 14.8. The molecular weight excluding hydrogens is 340 g/mol. The Labute approximate surface area is 150 Å². The monoisotopic (exact) mass is 360 g/mol. The summed E-state index contributed by atoms with van der Waals surface area (Å²) in [6, 6.07) is 9.70. The maximum Gasteiger partial charge on any atom is 0.250 e. The molecule has 0 aliphatic heterocycles. The van der Waals surface area contributed by atoms with Crippen molar-refractivity contribution >= 4 is 23.4 Å². The minimum atomic E-state index is -0.297. The largest absolute Gasteiger partial charge is 0.508 e. The Bertz CT molecular complexity index is 806. The number of hydrogen-bond donors (Lipinski definition) is 4. The maximum absolute atomic E-state index is 12.0. The van der Waals surface area contributed by atoms with E-state index in [4.69, 9.17) is 0 Å². The van der Waals surface area contributed by atoms with Crippen molar-refractivity contribution in [2.75, 3.05) is 5.75 Å². The highest BCUT2D eigenvalue weighted by atomic mass is 32.2. The van der Waals surface area contributed by atoms with E-state index in [-0.39, 0.29) is 28.9 Å². The molecule has 0 aliphatic carbocycles. The molecule has 6 nitrogen and oxygen atoms in total. The second-order valence-electron chi connectivity index (χ2n) is 5.34. The normalized spacial score (nSPS) is 11.4. The van der Waals surface area contributed by atoms with Crippen LogP contribution in [0.5, 0.6) is 17.2 Å². The molecule has 0 spiro atoms. The lowest BCUT2D eigenvalue weighted by molar-refractivity contribution is -0.118. The van der Waals surface area contributed by atoms with Crippen LogP contribution in [0.25, 0.3) is 0 Å². The highest BCUT2D eigenvalue weighted by Gasteiger charge is 2.13. The van der Waals surface area contributed by atoms with Crippen molar-refractivity contribution in [1.82, 2.24) is 5.43 Å². The summed E-state index contributed by atoms with van der Waals surface area (Å²) < 4.78 is 0. The third-order valence-corrected chi connectivity index (χ3v) is 4.55. The van der Waals surface area contributed by atoms with Crippen molar-refractivity contribution in [3.63, 3.8) is 0 Å². The number of carbonyl (C=O) groups is 1. The van der Waals surface area contributed by atoms with E-state index < -0.39 is 0 Å². The average molecular weight is 360 g/mol. The molecule has 2 aromatic rings. The number of nitrogens with one attached hydrogen (secondary N) is 1. The third kappa shape index (κ3) is 4.90. The highest BCUT2D eigenvalue weighted by molar-refractivity contribution is 8.00. The van der Waals surface area contributed by atoms with Gasteiger partial charge in [-0.05, 0) is 43.7 Å². The number of rotatable bonds is 6. The lowest BCUT2D eigenvalue weighted by Gasteiger charge is -2.10. The van der Waals surface area contributed by atoms with Gasteiger partial charge in [0.15, 0.2) is 0 Å². The SMILES string of the molecule is CC/C(=N\NC(=O)CSc1cccc(O)c1)c1ccc(O)c(C)c1O. The Morgan fingerprint density at radius 3 is 2.64 bits per heavy atom. The third-order valence-electron chi connectivity index (χ3n) is 3.55. The Morgan fingerprint density at radius 2 is 1.96 bits per heavy atom. The second kappa shape index (κ2) is 8.43. The summed E-state index contributed by atoms with van der Waals surface area (Å²) in [6.45, 7) is 3.46. The number of hydrogen-bond acceptors (Lipinski definition) is 6. The summed E-state index contributed by atoms with van der Waals surface area (Å²) in [5.74, 6) is -0.0544. The van der Waals surface area contributed by atoms with E-state index in [1.807, 2.05) is 6.92 Å². The van der Waals surface area contributed by atoms with Crippen LogP contribution in [0.3, 0.4) is 0 Å². The lowest BCUT2D eigenvalue weighted by atomic mass is 10.0. The van der Waals surface area contributed by atoms with Crippen molar-refractivity contribution in [2.24, 2.45) is 5.10 Å². The number of benzene rings is 2. The summed E-state index contributed by atoms with van der Waals surface area (Å²) in [5, 5.41) is 33.2. The van der Waals surface area contributed by atoms with Crippen LogP contribution in [0.15, 0.2) is 46.4 Å². The zero-order valence-electron chi connectivity index (χ0n) is 14.0. The number of phenolic OH excluding ortho intramolecular Hbond substituents is 3. The van der Waals surface area contributed by atoms with Gasteiger partial charge in [-0.2, -0.15) is 5.10 Å². The van der Waals surface area contributed by atoms with E-state index in [2.05, 4.69) is 10.5 Å². The molecule has 0 saturated carbocycles. The molecule has 0 fully saturated rings. The van der Waals surface area contributed by atoms with Gasteiger partial charge >= 0.3 is 0 Å². The molecule has 2 aromatic carbocycles.